The average molecular weight is 571 g/mol. The molecule has 11 heteroatoms. The molecule has 212 valence electrons. The van der Waals surface area contributed by atoms with Crippen molar-refractivity contribution < 1.29 is 27.1 Å². The lowest BCUT2D eigenvalue weighted by Crippen LogP contribution is -2.31. The average Bonchev–Trinajstić information content (AvgIpc) is 2.89. The number of aromatic nitrogens is 2. The molecule has 40 heavy (non-hydrogen) atoms. The van der Waals surface area contributed by atoms with E-state index in [2.05, 4.69) is 22.2 Å². The Morgan fingerprint density at radius 1 is 1.05 bits per heavy atom. The number of phenolic OH excluding ortho intramolecular Hbond substituents is 1. The van der Waals surface area contributed by atoms with E-state index in [1.165, 1.54) is 18.2 Å². The SMILES string of the molecule is C[C@@H]1C[C@H](N)C[C@H](c2ccncc2NC(=O)c2ccc(F)c(-c3c(O)cc(C4CCS(=O)(=O)CC4)cc3F)n2)C1. The molecule has 2 fully saturated rings. The Labute approximate surface area is 232 Å². The summed E-state index contributed by atoms with van der Waals surface area (Å²) in [6.07, 6.45) is 6.47. The van der Waals surface area contributed by atoms with Crippen LogP contribution in [0.2, 0.25) is 0 Å². The van der Waals surface area contributed by atoms with Crippen LogP contribution in [0.15, 0.2) is 42.7 Å². The van der Waals surface area contributed by atoms with E-state index < -0.39 is 44.4 Å². The van der Waals surface area contributed by atoms with Crippen molar-refractivity contribution in [3.05, 3.63) is 71.2 Å². The van der Waals surface area contributed by atoms with Crippen LogP contribution in [-0.2, 0) is 9.84 Å². The number of hydrogen-bond acceptors (Lipinski definition) is 7. The third-order valence-electron chi connectivity index (χ3n) is 7.96. The number of halogens is 2. The summed E-state index contributed by atoms with van der Waals surface area (Å²) in [5.41, 5.74) is 6.95. The molecule has 8 nitrogen and oxygen atoms in total. The number of amides is 1. The largest absolute Gasteiger partial charge is 0.507 e. The summed E-state index contributed by atoms with van der Waals surface area (Å²) in [6, 6.07) is 6.59. The van der Waals surface area contributed by atoms with E-state index in [4.69, 9.17) is 5.73 Å². The molecular weight excluding hydrogens is 538 g/mol. The predicted octanol–water partition coefficient (Wildman–Crippen LogP) is 4.90. The van der Waals surface area contributed by atoms with E-state index in [0.717, 1.165) is 30.9 Å². The number of nitrogens with two attached hydrogens (primary N) is 1. The second-order valence-electron chi connectivity index (χ2n) is 11.0. The quantitative estimate of drug-likeness (QED) is 0.397. The molecule has 1 saturated carbocycles. The molecule has 3 aromatic rings. The number of sulfone groups is 1. The number of carbonyl (C=O) groups excluding carboxylic acids is 1. The summed E-state index contributed by atoms with van der Waals surface area (Å²) in [5.74, 6) is -2.69. The number of rotatable bonds is 5. The molecule has 1 aliphatic heterocycles. The van der Waals surface area contributed by atoms with Crippen molar-refractivity contribution in [3.63, 3.8) is 0 Å². The minimum Gasteiger partial charge on any atom is -0.507 e. The molecule has 3 heterocycles. The molecule has 1 amide bonds. The number of nitrogens with one attached hydrogen (secondary N) is 1. The number of phenols is 1. The molecule has 2 aliphatic rings. The molecular formula is C29H32F2N4O4S. The number of anilines is 1. The summed E-state index contributed by atoms with van der Waals surface area (Å²) in [4.78, 5) is 21.4. The van der Waals surface area contributed by atoms with Crippen LogP contribution in [0, 0.1) is 17.6 Å². The van der Waals surface area contributed by atoms with E-state index in [1.54, 1.807) is 12.4 Å². The van der Waals surface area contributed by atoms with Gasteiger partial charge in [0.25, 0.3) is 5.91 Å². The summed E-state index contributed by atoms with van der Waals surface area (Å²) < 4.78 is 53.6. The van der Waals surface area contributed by atoms with E-state index in [0.29, 0.717) is 30.0 Å². The van der Waals surface area contributed by atoms with Crippen LogP contribution in [0.25, 0.3) is 11.3 Å². The molecule has 0 radical (unpaired) electrons. The molecule has 1 aromatic carbocycles. The zero-order chi connectivity index (χ0) is 28.6. The molecule has 3 atom stereocenters. The van der Waals surface area contributed by atoms with E-state index in [-0.39, 0.29) is 35.1 Å². The first-order chi connectivity index (χ1) is 19.0. The van der Waals surface area contributed by atoms with Gasteiger partial charge in [-0.15, -0.1) is 0 Å². The monoisotopic (exact) mass is 570 g/mol. The molecule has 2 aromatic heterocycles. The zero-order valence-corrected chi connectivity index (χ0v) is 22.9. The minimum absolute atomic E-state index is 0.0135. The topological polar surface area (TPSA) is 135 Å². The predicted molar refractivity (Wildman–Crippen MR) is 148 cm³/mol. The van der Waals surface area contributed by atoms with Gasteiger partial charge in [0.2, 0.25) is 0 Å². The fourth-order valence-electron chi connectivity index (χ4n) is 6.01. The molecule has 5 rings (SSSR count). The van der Waals surface area contributed by atoms with Crippen LogP contribution in [-0.4, -0.2) is 46.9 Å². The highest BCUT2D eigenvalue weighted by Crippen LogP contribution is 2.40. The third kappa shape index (κ3) is 6.00. The summed E-state index contributed by atoms with van der Waals surface area (Å²) in [7, 11) is -3.11. The van der Waals surface area contributed by atoms with Gasteiger partial charge >= 0.3 is 0 Å². The van der Waals surface area contributed by atoms with E-state index >= 15 is 4.39 Å². The lowest BCUT2D eigenvalue weighted by molar-refractivity contribution is 0.102. The second kappa shape index (κ2) is 11.2. The Bertz CT molecular complexity index is 1500. The number of nitrogens with zero attached hydrogens (tertiary/aromatic N) is 2. The van der Waals surface area contributed by atoms with Gasteiger partial charge in [-0.25, -0.2) is 22.2 Å². The summed E-state index contributed by atoms with van der Waals surface area (Å²) in [5, 5.41) is 13.5. The summed E-state index contributed by atoms with van der Waals surface area (Å²) in [6.45, 7) is 2.15. The smallest absolute Gasteiger partial charge is 0.274 e. The van der Waals surface area contributed by atoms with Gasteiger partial charge in [0, 0.05) is 12.2 Å². The first-order valence-electron chi connectivity index (χ1n) is 13.4. The summed E-state index contributed by atoms with van der Waals surface area (Å²) >= 11 is 0. The number of hydrogen-bond donors (Lipinski definition) is 3. The first-order valence-corrected chi connectivity index (χ1v) is 15.2. The number of carbonyl (C=O) groups is 1. The van der Waals surface area contributed by atoms with Gasteiger partial charge in [-0.3, -0.25) is 9.78 Å². The van der Waals surface area contributed by atoms with E-state index in [9.17, 15) is 22.7 Å². The van der Waals surface area contributed by atoms with Gasteiger partial charge in [-0.1, -0.05) is 6.92 Å². The first kappa shape index (κ1) is 28.1. The van der Waals surface area contributed by atoms with Crippen LogP contribution in [0.3, 0.4) is 0 Å². The molecule has 4 N–H and O–H groups in total. The van der Waals surface area contributed by atoms with Gasteiger partial charge in [-0.05, 0) is 91.3 Å². The molecule has 0 spiro atoms. The zero-order valence-electron chi connectivity index (χ0n) is 22.1. The van der Waals surface area contributed by atoms with Gasteiger partial charge in [0.15, 0.2) is 0 Å². The lowest BCUT2D eigenvalue weighted by Gasteiger charge is -2.32. The Balaban J connectivity index is 1.41. The number of benzene rings is 1. The van der Waals surface area contributed by atoms with Crippen molar-refractivity contribution in [3.8, 4) is 17.0 Å². The normalized spacial score (nSPS) is 23.1. The third-order valence-corrected chi connectivity index (χ3v) is 9.67. The maximum atomic E-state index is 15.3. The van der Waals surface area contributed by atoms with Gasteiger partial charge in [0.1, 0.15) is 38.6 Å². The Morgan fingerprint density at radius 2 is 1.80 bits per heavy atom. The molecule has 1 saturated heterocycles. The van der Waals surface area contributed by atoms with Gasteiger partial charge in [-0.2, -0.15) is 0 Å². The highest BCUT2D eigenvalue weighted by atomic mass is 32.2. The van der Waals surface area contributed by atoms with Crippen molar-refractivity contribution in [2.45, 2.75) is 56.9 Å². The van der Waals surface area contributed by atoms with Crippen molar-refractivity contribution >= 4 is 21.4 Å². The second-order valence-corrected chi connectivity index (χ2v) is 13.3. The lowest BCUT2D eigenvalue weighted by atomic mass is 9.76. The fraction of sp³-hybridized carbons (Fsp3) is 0.414. The van der Waals surface area contributed by atoms with E-state index in [1.807, 2.05) is 6.07 Å². The van der Waals surface area contributed by atoms with Crippen molar-refractivity contribution in [1.82, 2.24) is 9.97 Å². The maximum absolute atomic E-state index is 15.3. The molecule has 0 bridgehead atoms. The fourth-order valence-corrected chi connectivity index (χ4v) is 7.50. The van der Waals surface area contributed by atoms with Crippen LogP contribution in [0.1, 0.15) is 72.5 Å². The van der Waals surface area contributed by atoms with Crippen molar-refractivity contribution in [2.24, 2.45) is 11.7 Å². The maximum Gasteiger partial charge on any atom is 0.274 e. The number of pyridine rings is 2. The highest BCUT2D eigenvalue weighted by molar-refractivity contribution is 7.91. The van der Waals surface area contributed by atoms with Crippen molar-refractivity contribution in [2.75, 3.05) is 16.8 Å². The molecule has 0 unspecified atom stereocenters. The number of aromatic hydroxyl groups is 1. The Hall–Kier alpha value is -3.44. The Morgan fingerprint density at radius 3 is 2.50 bits per heavy atom. The van der Waals surface area contributed by atoms with Gasteiger partial charge in [0.05, 0.1) is 29.0 Å². The van der Waals surface area contributed by atoms with Crippen LogP contribution >= 0.6 is 0 Å². The van der Waals surface area contributed by atoms with Crippen LogP contribution < -0.4 is 11.1 Å². The van der Waals surface area contributed by atoms with Crippen LogP contribution in [0.5, 0.6) is 5.75 Å². The van der Waals surface area contributed by atoms with Crippen LogP contribution in [0.4, 0.5) is 14.5 Å². The molecule has 1 aliphatic carbocycles. The standard InChI is InChI=1S/C29H32F2N4O4S/c1-16-10-19(12-20(32)11-16)21-4-7-33-15-25(21)35-29(37)24-3-2-22(30)28(34-24)27-23(31)13-18(14-26(27)36)17-5-8-40(38,39)9-6-17/h2-4,7,13-17,19-20,36H,5-6,8-12,32H2,1H3,(H,35,37)/t16-,19+,20-/m0/s1. The Kier molecular flexibility index (Phi) is 7.87. The highest BCUT2D eigenvalue weighted by Gasteiger charge is 2.29. The van der Waals surface area contributed by atoms with Gasteiger partial charge < -0.3 is 16.2 Å². The van der Waals surface area contributed by atoms with Crippen molar-refractivity contribution in [1.29, 1.82) is 0 Å². The minimum atomic E-state index is -3.11.